The van der Waals surface area contributed by atoms with Crippen molar-refractivity contribution in [2.24, 2.45) is 0 Å². The molecular formula is C22H16N2O2. The number of hydrogen-bond donors (Lipinski definition) is 0. The van der Waals surface area contributed by atoms with E-state index in [1.54, 1.807) is 18.5 Å². The smallest absolute Gasteiger partial charge is 0.338 e. The molecule has 4 aromatic rings. The first kappa shape index (κ1) is 16.0. The molecule has 2 heterocycles. The lowest BCUT2D eigenvalue weighted by Gasteiger charge is -2.07. The van der Waals surface area contributed by atoms with E-state index in [9.17, 15) is 4.79 Å². The van der Waals surface area contributed by atoms with Crippen LogP contribution in [0.25, 0.3) is 22.2 Å². The van der Waals surface area contributed by atoms with Crippen LogP contribution in [0.4, 0.5) is 0 Å². The predicted octanol–water partition coefficient (Wildman–Crippen LogP) is 4.65. The molecule has 2 aromatic heterocycles. The Labute approximate surface area is 151 Å². The first-order chi connectivity index (χ1) is 12.8. The van der Waals surface area contributed by atoms with Gasteiger partial charge in [0.05, 0.1) is 17.0 Å². The zero-order chi connectivity index (χ0) is 17.8. The van der Waals surface area contributed by atoms with E-state index in [0.717, 1.165) is 27.7 Å². The van der Waals surface area contributed by atoms with Gasteiger partial charge in [0.1, 0.15) is 6.61 Å². The van der Waals surface area contributed by atoms with Gasteiger partial charge in [-0.15, -0.1) is 0 Å². The van der Waals surface area contributed by atoms with Gasteiger partial charge in [0.2, 0.25) is 0 Å². The molecular weight excluding hydrogens is 324 g/mol. The van der Waals surface area contributed by atoms with E-state index in [2.05, 4.69) is 9.97 Å². The predicted molar refractivity (Wildman–Crippen MR) is 101 cm³/mol. The molecule has 0 saturated carbocycles. The number of aromatic nitrogens is 2. The van der Waals surface area contributed by atoms with Gasteiger partial charge < -0.3 is 4.74 Å². The lowest BCUT2D eigenvalue weighted by molar-refractivity contribution is 0.0472. The van der Waals surface area contributed by atoms with Crippen molar-refractivity contribution in [2.75, 3.05) is 0 Å². The second-order valence-corrected chi connectivity index (χ2v) is 5.90. The molecule has 4 heteroatoms. The van der Waals surface area contributed by atoms with E-state index in [1.807, 2.05) is 66.7 Å². The van der Waals surface area contributed by atoms with Gasteiger partial charge in [0.15, 0.2) is 0 Å². The Morgan fingerprint density at radius 2 is 1.62 bits per heavy atom. The minimum Gasteiger partial charge on any atom is -0.457 e. The molecule has 0 aliphatic heterocycles. The van der Waals surface area contributed by atoms with Gasteiger partial charge in [-0.25, -0.2) is 4.79 Å². The van der Waals surface area contributed by atoms with Crippen LogP contribution >= 0.6 is 0 Å². The Kier molecular flexibility index (Phi) is 4.39. The molecule has 0 N–H and O–H groups in total. The zero-order valence-electron chi connectivity index (χ0n) is 14.0. The van der Waals surface area contributed by atoms with Crippen LogP contribution in [-0.4, -0.2) is 15.9 Å². The number of benzene rings is 2. The number of ether oxygens (including phenoxy) is 1. The maximum Gasteiger partial charge on any atom is 0.338 e. The first-order valence-electron chi connectivity index (χ1n) is 8.32. The second kappa shape index (κ2) is 7.15. The Bertz CT molecular complexity index is 1040. The summed E-state index contributed by atoms with van der Waals surface area (Å²) in [5, 5.41) is 2.11. The van der Waals surface area contributed by atoms with Gasteiger partial charge in [0.25, 0.3) is 0 Å². The highest BCUT2D eigenvalue weighted by atomic mass is 16.5. The largest absolute Gasteiger partial charge is 0.457 e. The molecule has 4 rings (SSSR count). The minimum absolute atomic E-state index is 0.182. The summed E-state index contributed by atoms with van der Waals surface area (Å²) in [5.74, 6) is -0.343. The van der Waals surface area contributed by atoms with Crippen molar-refractivity contribution in [2.45, 2.75) is 6.61 Å². The number of carbonyl (C=O) groups excluding carboxylic acids is 1. The molecule has 0 bridgehead atoms. The summed E-state index contributed by atoms with van der Waals surface area (Å²) < 4.78 is 5.41. The Morgan fingerprint density at radius 3 is 2.38 bits per heavy atom. The van der Waals surface area contributed by atoms with Crippen LogP contribution in [0.2, 0.25) is 0 Å². The number of esters is 1. The van der Waals surface area contributed by atoms with Crippen LogP contribution in [0.3, 0.4) is 0 Å². The first-order valence-corrected chi connectivity index (χ1v) is 8.32. The van der Waals surface area contributed by atoms with Crippen molar-refractivity contribution in [3.63, 3.8) is 0 Å². The third-order valence-electron chi connectivity index (χ3n) is 4.11. The van der Waals surface area contributed by atoms with E-state index in [-0.39, 0.29) is 12.6 Å². The Balaban J connectivity index is 1.43. The summed E-state index contributed by atoms with van der Waals surface area (Å²) >= 11 is 0. The monoisotopic (exact) mass is 340 g/mol. The molecule has 0 fully saturated rings. The van der Waals surface area contributed by atoms with Crippen LogP contribution in [-0.2, 0) is 11.3 Å². The standard InChI is InChI=1S/C22H16N2O2/c25-22(19-10-9-17-5-1-2-6-18(17)13-19)26-15-16-8-11-21(24-14-16)20-7-3-4-12-23-20/h1-14H,15H2. The van der Waals surface area contributed by atoms with Crippen LogP contribution in [0.5, 0.6) is 0 Å². The highest BCUT2D eigenvalue weighted by Gasteiger charge is 2.09. The van der Waals surface area contributed by atoms with Crippen molar-refractivity contribution < 1.29 is 9.53 Å². The number of pyridine rings is 2. The highest BCUT2D eigenvalue weighted by molar-refractivity contribution is 5.95. The van der Waals surface area contributed by atoms with Gasteiger partial charge in [-0.3, -0.25) is 9.97 Å². The summed E-state index contributed by atoms with van der Waals surface area (Å²) in [6.07, 6.45) is 3.44. The van der Waals surface area contributed by atoms with Crippen molar-refractivity contribution in [1.29, 1.82) is 0 Å². The molecule has 26 heavy (non-hydrogen) atoms. The summed E-state index contributed by atoms with van der Waals surface area (Å²) in [5.41, 5.74) is 2.97. The maximum atomic E-state index is 12.3. The molecule has 0 atom stereocenters. The lowest BCUT2D eigenvalue weighted by Crippen LogP contribution is -2.05. The van der Waals surface area contributed by atoms with Crippen LogP contribution in [0.15, 0.2) is 85.2 Å². The van der Waals surface area contributed by atoms with Crippen molar-refractivity contribution in [3.05, 3.63) is 96.3 Å². The molecule has 0 radical (unpaired) electrons. The van der Waals surface area contributed by atoms with Gasteiger partial charge in [-0.05, 0) is 41.1 Å². The Morgan fingerprint density at radius 1 is 0.808 bits per heavy atom. The number of fused-ring (bicyclic) bond motifs is 1. The van der Waals surface area contributed by atoms with E-state index in [1.165, 1.54) is 0 Å². The van der Waals surface area contributed by atoms with Gasteiger partial charge in [-0.2, -0.15) is 0 Å². The molecule has 4 nitrogen and oxygen atoms in total. The maximum absolute atomic E-state index is 12.3. The average Bonchev–Trinajstić information content (AvgIpc) is 2.72. The molecule has 0 aliphatic carbocycles. The van der Waals surface area contributed by atoms with E-state index < -0.39 is 0 Å². The van der Waals surface area contributed by atoms with Crippen LogP contribution in [0, 0.1) is 0 Å². The SMILES string of the molecule is O=C(OCc1ccc(-c2ccccn2)nc1)c1ccc2ccccc2c1. The van der Waals surface area contributed by atoms with Crippen molar-refractivity contribution in [3.8, 4) is 11.4 Å². The highest BCUT2D eigenvalue weighted by Crippen LogP contribution is 2.17. The van der Waals surface area contributed by atoms with Gasteiger partial charge in [0, 0.05) is 18.0 Å². The second-order valence-electron chi connectivity index (χ2n) is 5.90. The molecule has 2 aromatic carbocycles. The molecule has 126 valence electrons. The minimum atomic E-state index is -0.343. The average molecular weight is 340 g/mol. The summed E-state index contributed by atoms with van der Waals surface area (Å²) in [6, 6.07) is 22.9. The van der Waals surface area contributed by atoms with E-state index >= 15 is 0 Å². The molecule has 0 unspecified atom stereocenters. The molecule has 0 spiro atoms. The molecule has 0 aliphatic rings. The third-order valence-corrected chi connectivity index (χ3v) is 4.11. The topological polar surface area (TPSA) is 52.1 Å². The number of nitrogens with zero attached hydrogens (tertiary/aromatic N) is 2. The van der Waals surface area contributed by atoms with Crippen molar-refractivity contribution >= 4 is 16.7 Å². The zero-order valence-corrected chi connectivity index (χ0v) is 14.0. The number of rotatable bonds is 4. The number of carbonyl (C=O) groups is 1. The molecule has 0 saturated heterocycles. The van der Waals surface area contributed by atoms with E-state index in [4.69, 9.17) is 4.74 Å². The summed E-state index contributed by atoms with van der Waals surface area (Å²) in [7, 11) is 0. The van der Waals surface area contributed by atoms with Gasteiger partial charge >= 0.3 is 5.97 Å². The summed E-state index contributed by atoms with van der Waals surface area (Å²) in [6.45, 7) is 0.182. The third kappa shape index (κ3) is 3.44. The summed E-state index contributed by atoms with van der Waals surface area (Å²) in [4.78, 5) is 21.0. The normalized spacial score (nSPS) is 10.6. The fourth-order valence-electron chi connectivity index (χ4n) is 2.72. The number of hydrogen-bond acceptors (Lipinski definition) is 4. The van der Waals surface area contributed by atoms with Crippen molar-refractivity contribution in [1.82, 2.24) is 9.97 Å². The fourth-order valence-corrected chi connectivity index (χ4v) is 2.72. The lowest BCUT2D eigenvalue weighted by atomic mass is 10.1. The van der Waals surface area contributed by atoms with Crippen LogP contribution < -0.4 is 0 Å². The molecule has 0 amide bonds. The van der Waals surface area contributed by atoms with Crippen LogP contribution in [0.1, 0.15) is 15.9 Å². The van der Waals surface area contributed by atoms with E-state index in [0.29, 0.717) is 5.56 Å². The quantitative estimate of drug-likeness (QED) is 0.507. The fraction of sp³-hybridized carbons (Fsp3) is 0.0455. The Hall–Kier alpha value is -3.53. The van der Waals surface area contributed by atoms with Gasteiger partial charge in [-0.1, -0.05) is 42.5 Å².